The van der Waals surface area contributed by atoms with E-state index in [0.717, 1.165) is 0 Å². The lowest BCUT2D eigenvalue weighted by molar-refractivity contribution is 0.0845. The SMILES string of the molecule is CN(C)NC(=O)c1[nH]c(=O)[nH]c(=O)c1F. The summed E-state index contributed by atoms with van der Waals surface area (Å²) >= 11 is 0. The van der Waals surface area contributed by atoms with Crippen LogP contribution in [0.15, 0.2) is 9.59 Å². The molecule has 0 spiro atoms. The molecule has 82 valence electrons. The van der Waals surface area contributed by atoms with E-state index in [1.165, 1.54) is 19.1 Å². The maximum absolute atomic E-state index is 13.1. The first-order valence-electron chi connectivity index (χ1n) is 3.92. The number of rotatable bonds is 2. The van der Waals surface area contributed by atoms with E-state index in [-0.39, 0.29) is 0 Å². The second-order valence-corrected chi connectivity index (χ2v) is 2.93. The van der Waals surface area contributed by atoms with Gasteiger partial charge in [0.25, 0.3) is 11.5 Å². The van der Waals surface area contributed by atoms with Crippen molar-refractivity contribution in [1.82, 2.24) is 20.4 Å². The van der Waals surface area contributed by atoms with Gasteiger partial charge in [-0.1, -0.05) is 0 Å². The van der Waals surface area contributed by atoms with Gasteiger partial charge in [0.2, 0.25) is 5.82 Å². The summed E-state index contributed by atoms with van der Waals surface area (Å²) in [5.41, 5.74) is -0.684. The topological polar surface area (TPSA) is 98.1 Å². The molecular formula is C7H9FN4O3. The van der Waals surface area contributed by atoms with Crippen molar-refractivity contribution < 1.29 is 9.18 Å². The fraction of sp³-hybridized carbons (Fsp3) is 0.286. The van der Waals surface area contributed by atoms with Gasteiger partial charge in [-0.05, 0) is 0 Å². The number of halogens is 1. The van der Waals surface area contributed by atoms with Gasteiger partial charge in [0, 0.05) is 14.1 Å². The fourth-order valence-corrected chi connectivity index (χ4v) is 0.887. The predicted molar refractivity (Wildman–Crippen MR) is 48.8 cm³/mol. The van der Waals surface area contributed by atoms with Crippen LogP contribution in [0, 0.1) is 5.82 Å². The van der Waals surface area contributed by atoms with E-state index in [0.29, 0.717) is 0 Å². The maximum atomic E-state index is 13.1. The molecule has 1 amide bonds. The van der Waals surface area contributed by atoms with E-state index >= 15 is 0 Å². The molecule has 0 unspecified atom stereocenters. The van der Waals surface area contributed by atoms with Gasteiger partial charge in [-0.3, -0.25) is 20.0 Å². The molecular weight excluding hydrogens is 207 g/mol. The number of amides is 1. The van der Waals surface area contributed by atoms with Crippen LogP contribution in [-0.4, -0.2) is 35.0 Å². The lowest BCUT2D eigenvalue weighted by Gasteiger charge is -2.11. The number of hydrogen-bond acceptors (Lipinski definition) is 4. The zero-order valence-electron chi connectivity index (χ0n) is 8.05. The monoisotopic (exact) mass is 216 g/mol. The summed E-state index contributed by atoms with van der Waals surface area (Å²) in [6, 6.07) is 0. The van der Waals surface area contributed by atoms with Gasteiger partial charge in [-0.2, -0.15) is 4.39 Å². The van der Waals surface area contributed by atoms with Crippen molar-refractivity contribution >= 4 is 5.91 Å². The molecule has 0 aromatic carbocycles. The van der Waals surface area contributed by atoms with Crippen LogP contribution in [0.5, 0.6) is 0 Å². The van der Waals surface area contributed by atoms with Crippen LogP contribution in [-0.2, 0) is 0 Å². The molecule has 0 aliphatic rings. The lowest BCUT2D eigenvalue weighted by atomic mass is 10.4. The lowest BCUT2D eigenvalue weighted by Crippen LogP contribution is -2.40. The number of carbonyl (C=O) groups excluding carboxylic acids is 1. The molecule has 0 aliphatic heterocycles. The molecule has 1 aromatic heterocycles. The average molecular weight is 216 g/mol. The summed E-state index contributed by atoms with van der Waals surface area (Å²) in [6.45, 7) is 0. The largest absolute Gasteiger partial charge is 0.326 e. The summed E-state index contributed by atoms with van der Waals surface area (Å²) in [5, 5.41) is 1.25. The fourth-order valence-electron chi connectivity index (χ4n) is 0.887. The van der Waals surface area contributed by atoms with Gasteiger partial charge < -0.3 is 4.98 Å². The highest BCUT2D eigenvalue weighted by molar-refractivity contribution is 5.91. The van der Waals surface area contributed by atoms with Crippen LogP contribution >= 0.6 is 0 Å². The Morgan fingerprint density at radius 3 is 2.47 bits per heavy atom. The zero-order chi connectivity index (χ0) is 11.6. The second kappa shape index (κ2) is 4.05. The Bertz CT molecular complexity index is 490. The van der Waals surface area contributed by atoms with Crippen molar-refractivity contribution in [1.29, 1.82) is 0 Å². The van der Waals surface area contributed by atoms with E-state index in [9.17, 15) is 18.8 Å². The molecule has 0 fully saturated rings. The van der Waals surface area contributed by atoms with Gasteiger partial charge in [0.1, 0.15) is 0 Å². The minimum absolute atomic E-state index is 0.697. The summed E-state index contributed by atoms with van der Waals surface area (Å²) < 4.78 is 13.1. The van der Waals surface area contributed by atoms with Crippen LogP contribution in [0.3, 0.4) is 0 Å². The molecule has 15 heavy (non-hydrogen) atoms. The van der Waals surface area contributed by atoms with E-state index in [2.05, 4.69) is 5.43 Å². The third-order valence-corrected chi connectivity index (χ3v) is 1.44. The predicted octanol–water partition coefficient (Wildman–Crippen LogP) is -1.59. The first-order chi connectivity index (χ1) is 6.91. The number of nitrogens with one attached hydrogen (secondary N) is 3. The van der Waals surface area contributed by atoms with Crippen molar-refractivity contribution in [2.45, 2.75) is 0 Å². The molecule has 0 radical (unpaired) electrons. The minimum atomic E-state index is -1.33. The van der Waals surface area contributed by atoms with Gasteiger partial charge in [-0.25, -0.2) is 9.80 Å². The Hall–Kier alpha value is -1.96. The molecule has 1 rings (SSSR count). The van der Waals surface area contributed by atoms with Gasteiger partial charge in [0.15, 0.2) is 5.69 Å². The molecule has 0 saturated heterocycles. The summed E-state index contributed by atoms with van der Waals surface area (Å²) in [6.07, 6.45) is 0. The van der Waals surface area contributed by atoms with Gasteiger partial charge in [0.05, 0.1) is 0 Å². The van der Waals surface area contributed by atoms with Crippen LogP contribution < -0.4 is 16.7 Å². The van der Waals surface area contributed by atoms with E-state index in [1.807, 2.05) is 4.98 Å². The number of aromatic amines is 2. The standard InChI is InChI=1S/C7H9FN4O3/c1-12(2)11-6(14)4-3(8)5(13)10-7(15)9-4/h1-2H3,(H,11,14)(H2,9,10,13,15). The summed E-state index contributed by atoms with van der Waals surface area (Å²) in [4.78, 5) is 36.4. The van der Waals surface area contributed by atoms with Crippen molar-refractivity contribution in [3.05, 3.63) is 32.3 Å². The van der Waals surface area contributed by atoms with E-state index in [1.54, 1.807) is 4.98 Å². The first kappa shape index (κ1) is 11.1. The quantitative estimate of drug-likeness (QED) is 0.519. The molecule has 7 nitrogen and oxygen atoms in total. The molecule has 3 N–H and O–H groups in total. The number of hydrogen-bond donors (Lipinski definition) is 3. The summed E-state index contributed by atoms with van der Waals surface area (Å²) in [5.74, 6) is -2.23. The molecule has 0 atom stereocenters. The van der Waals surface area contributed by atoms with Crippen molar-refractivity contribution in [3.63, 3.8) is 0 Å². The smallest absolute Gasteiger partial charge is 0.300 e. The number of H-pyrrole nitrogens is 2. The highest BCUT2D eigenvalue weighted by Gasteiger charge is 2.16. The minimum Gasteiger partial charge on any atom is -0.300 e. The third kappa shape index (κ3) is 2.50. The highest BCUT2D eigenvalue weighted by Crippen LogP contribution is 1.94. The molecule has 0 bridgehead atoms. The Morgan fingerprint density at radius 2 is 1.93 bits per heavy atom. The van der Waals surface area contributed by atoms with Crippen LogP contribution in [0.1, 0.15) is 10.5 Å². The third-order valence-electron chi connectivity index (χ3n) is 1.44. The van der Waals surface area contributed by atoms with Crippen LogP contribution in [0.25, 0.3) is 0 Å². The number of nitrogens with zero attached hydrogens (tertiary/aromatic N) is 1. The van der Waals surface area contributed by atoms with Gasteiger partial charge in [-0.15, -0.1) is 0 Å². The van der Waals surface area contributed by atoms with Crippen LogP contribution in [0.2, 0.25) is 0 Å². The normalized spacial score (nSPS) is 10.4. The average Bonchev–Trinajstić information content (AvgIpc) is 2.09. The van der Waals surface area contributed by atoms with Crippen molar-refractivity contribution in [3.8, 4) is 0 Å². The number of hydrazine groups is 1. The highest BCUT2D eigenvalue weighted by atomic mass is 19.1. The maximum Gasteiger partial charge on any atom is 0.326 e. The Morgan fingerprint density at radius 1 is 1.33 bits per heavy atom. The zero-order valence-corrected chi connectivity index (χ0v) is 8.05. The second-order valence-electron chi connectivity index (χ2n) is 2.93. The summed E-state index contributed by atoms with van der Waals surface area (Å²) in [7, 11) is 3.00. The van der Waals surface area contributed by atoms with Gasteiger partial charge >= 0.3 is 5.69 Å². The van der Waals surface area contributed by atoms with E-state index in [4.69, 9.17) is 0 Å². The van der Waals surface area contributed by atoms with E-state index < -0.39 is 28.7 Å². The molecule has 0 aliphatic carbocycles. The molecule has 8 heteroatoms. The number of aromatic nitrogens is 2. The molecule has 0 saturated carbocycles. The van der Waals surface area contributed by atoms with Crippen LogP contribution in [0.4, 0.5) is 4.39 Å². The van der Waals surface area contributed by atoms with Crippen molar-refractivity contribution in [2.75, 3.05) is 14.1 Å². The number of carbonyl (C=O) groups is 1. The first-order valence-corrected chi connectivity index (χ1v) is 3.92. The Labute approximate surface area is 82.9 Å². The van der Waals surface area contributed by atoms with Crippen molar-refractivity contribution in [2.24, 2.45) is 0 Å². The molecule has 1 aromatic rings. The Kier molecular flexibility index (Phi) is 3.00. The molecule has 1 heterocycles. The Balaban J connectivity index is 3.20.